The minimum atomic E-state index is -0.0765. The highest BCUT2D eigenvalue weighted by atomic mass is 35.5. The number of carbonyl (C=O) groups excluding carboxylic acids is 1. The molecule has 0 saturated carbocycles. The van der Waals surface area contributed by atoms with E-state index >= 15 is 0 Å². The molecule has 128 valence electrons. The molecule has 5 nitrogen and oxygen atoms in total. The van der Waals surface area contributed by atoms with Crippen molar-refractivity contribution in [3.05, 3.63) is 64.9 Å². The summed E-state index contributed by atoms with van der Waals surface area (Å²) in [6, 6.07) is 10.9. The molecule has 3 rings (SSSR count). The van der Waals surface area contributed by atoms with Crippen molar-refractivity contribution in [3.8, 4) is 16.3 Å². The van der Waals surface area contributed by atoms with Crippen LogP contribution in [0.3, 0.4) is 0 Å². The third-order valence-corrected chi connectivity index (χ3v) is 4.55. The Morgan fingerprint density at radius 2 is 1.92 bits per heavy atom. The summed E-state index contributed by atoms with van der Waals surface area (Å²) in [6.07, 6.45) is 3.75. The fraction of sp³-hybridized carbons (Fsp3) is 0.167. The van der Waals surface area contributed by atoms with Crippen LogP contribution in [0.15, 0.2) is 54.2 Å². The van der Waals surface area contributed by atoms with Crippen molar-refractivity contribution in [2.45, 2.75) is 13.0 Å². The topological polar surface area (TPSA) is 64.1 Å². The lowest BCUT2D eigenvalue weighted by molar-refractivity contribution is -0.121. The van der Waals surface area contributed by atoms with Crippen LogP contribution in [0.25, 0.3) is 10.6 Å². The number of halogens is 1. The van der Waals surface area contributed by atoms with Crippen LogP contribution in [0.5, 0.6) is 5.75 Å². The van der Waals surface area contributed by atoms with E-state index in [1.54, 1.807) is 48.0 Å². The van der Waals surface area contributed by atoms with Gasteiger partial charge in [-0.25, -0.2) is 4.98 Å². The average molecular weight is 374 g/mol. The lowest BCUT2D eigenvalue weighted by Gasteiger charge is -2.06. The lowest BCUT2D eigenvalue weighted by Crippen LogP contribution is -2.24. The first-order valence-electron chi connectivity index (χ1n) is 7.70. The minimum Gasteiger partial charge on any atom is -0.493 e. The van der Waals surface area contributed by atoms with Crippen molar-refractivity contribution in [1.82, 2.24) is 15.3 Å². The predicted octanol–water partition coefficient (Wildman–Crippen LogP) is 3.94. The smallest absolute Gasteiger partial charge is 0.223 e. The van der Waals surface area contributed by atoms with E-state index in [0.717, 1.165) is 16.3 Å². The molecule has 0 atom stereocenters. The zero-order chi connectivity index (χ0) is 17.5. The quantitative estimate of drug-likeness (QED) is 0.681. The first-order valence-corrected chi connectivity index (χ1v) is 8.96. The van der Waals surface area contributed by atoms with Crippen LogP contribution >= 0.6 is 22.9 Å². The molecule has 0 aliphatic heterocycles. The Labute approximate surface area is 154 Å². The lowest BCUT2D eigenvalue weighted by atomic mass is 10.3. The Kier molecular flexibility index (Phi) is 5.98. The molecule has 7 heteroatoms. The molecule has 0 bridgehead atoms. The van der Waals surface area contributed by atoms with Gasteiger partial charge in [0.15, 0.2) is 0 Å². The normalized spacial score (nSPS) is 10.4. The molecule has 0 spiro atoms. The zero-order valence-electron chi connectivity index (χ0n) is 13.3. The highest BCUT2D eigenvalue weighted by Gasteiger charge is 2.07. The summed E-state index contributed by atoms with van der Waals surface area (Å²) in [5.74, 6) is 0.617. The molecule has 1 amide bonds. The molecule has 1 aromatic carbocycles. The summed E-state index contributed by atoms with van der Waals surface area (Å²) in [5, 5.41) is 6.36. The SMILES string of the molecule is O=C(CCOc1ccc(Cl)cc1)NCc1csc(-c2ccncc2)n1. The van der Waals surface area contributed by atoms with Gasteiger partial charge in [-0.3, -0.25) is 9.78 Å². The Bertz CT molecular complexity index is 822. The number of amides is 1. The highest BCUT2D eigenvalue weighted by molar-refractivity contribution is 7.13. The van der Waals surface area contributed by atoms with Crippen molar-refractivity contribution in [2.75, 3.05) is 6.61 Å². The van der Waals surface area contributed by atoms with E-state index in [9.17, 15) is 4.79 Å². The van der Waals surface area contributed by atoms with Gasteiger partial charge in [-0.1, -0.05) is 11.6 Å². The van der Waals surface area contributed by atoms with Gasteiger partial charge in [-0.15, -0.1) is 11.3 Å². The molecule has 0 aliphatic rings. The predicted molar refractivity (Wildman–Crippen MR) is 98.8 cm³/mol. The second-order valence-electron chi connectivity index (χ2n) is 5.21. The third kappa shape index (κ3) is 5.27. The molecule has 25 heavy (non-hydrogen) atoms. The van der Waals surface area contributed by atoms with Gasteiger partial charge in [0.2, 0.25) is 5.91 Å². The second-order valence-corrected chi connectivity index (χ2v) is 6.50. The van der Waals surface area contributed by atoms with E-state index in [4.69, 9.17) is 16.3 Å². The van der Waals surface area contributed by atoms with Crippen molar-refractivity contribution >= 4 is 28.8 Å². The van der Waals surface area contributed by atoms with Crippen LogP contribution in [0, 0.1) is 0 Å². The molecule has 2 heterocycles. The molecule has 0 unspecified atom stereocenters. The first-order chi connectivity index (χ1) is 12.2. The van der Waals surface area contributed by atoms with Gasteiger partial charge in [-0.05, 0) is 36.4 Å². The van der Waals surface area contributed by atoms with Crippen LogP contribution in [0.1, 0.15) is 12.1 Å². The van der Waals surface area contributed by atoms with Crippen LogP contribution < -0.4 is 10.1 Å². The minimum absolute atomic E-state index is 0.0765. The number of nitrogens with zero attached hydrogens (tertiary/aromatic N) is 2. The average Bonchev–Trinajstić information content (AvgIpc) is 3.11. The van der Waals surface area contributed by atoms with Crippen LogP contribution in [-0.2, 0) is 11.3 Å². The van der Waals surface area contributed by atoms with Gasteiger partial charge < -0.3 is 10.1 Å². The number of ether oxygens (including phenoxy) is 1. The maximum atomic E-state index is 11.9. The zero-order valence-corrected chi connectivity index (χ0v) is 14.9. The van der Waals surface area contributed by atoms with Gasteiger partial charge in [0, 0.05) is 28.4 Å². The third-order valence-electron chi connectivity index (χ3n) is 3.36. The van der Waals surface area contributed by atoms with Gasteiger partial charge in [-0.2, -0.15) is 0 Å². The number of aromatic nitrogens is 2. The Morgan fingerprint density at radius 1 is 1.16 bits per heavy atom. The molecular formula is C18H16ClN3O2S. The largest absolute Gasteiger partial charge is 0.493 e. The number of hydrogen-bond donors (Lipinski definition) is 1. The van der Waals surface area contributed by atoms with Crippen molar-refractivity contribution < 1.29 is 9.53 Å². The number of carbonyl (C=O) groups is 1. The van der Waals surface area contributed by atoms with Gasteiger partial charge in [0.1, 0.15) is 10.8 Å². The number of rotatable bonds is 7. The summed E-state index contributed by atoms with van der Waals surface area (Å²) in [4.78, 5) is 20.4. The summed E-state index contributed by atoms with van der Waals surface area (Å²) in [6.45, 7) is 0.716. The fourth-order valence-corrected chi connectivity index (χ4v) is 3.04. The monoisotopic (exact) mass is 373 g/mol. The molecule has 2 aromatic heterocycles. The Balaban J connectivity index is 1.42. The summed E-state index contributed by atoms with van der Waals surface area (Å²) >= 11 is 7.35. The van der Waals surface area contributed by atoms with E-state index in [-0.39, 0.29) is 12.3 Å². The summed E-state index contributed by atoms with van der Waals surface area (Å²) in [5.41, 5.74) is 1.86. The highest BCUT2D eigenvalue weighted by Crippen LogP contribution is 2.22. The number of hydrogen-bond acceptors (Lipinski definition) is 5. The maximum Gasteiger partial charge on any atom is 0.223 e. The van der Waals surface area contributed by atoms with E-state index in [1.807, 2.05) is 17.5 Å². The van der Waals surface area contributed by atoms with Gasteiger partial charge in [0.05, 0.1) is 25.3 Å². The molecule has 0 radical (unpaired) electrons. The van der Waals surface area contributed by atoms with E-state index < -0.39 is 0 Å². The van der Waals surface area contributed by atoms with E-state index in [0.29, 0.717) is 23.9 Å². The Hall–Kier alpha value is -2.44. The number of benzene rings is 1. The second kappa shape index (κ2) is 8.60. The molecule has 0 saturated heterocycles. The number of pyridine rings is 1. The molecule has 0 aliphatic carbocycles. The summed E-state index contributed by atoms with van der Waals surface area (Å²) < 4.78 is 5.51. The van der Waals surface area contributed by atoms with Gasteiger partial charge in [0.25, 0.3) is 0 Å². The Morgan fingerprint density at radius 3 is 2.68 bits per heavy atom. The van der Waals surface area contributed by atoms with Crippen LogP contribution in [0.4, 0.5) is 0 Å². The first kappa shape index (κ1) is 17.4. The number of nitrogens with one attached hydrogen (secondary N) is 1. The molecule has 3 aromatic rings. The molecular weight excluding hydrogens is 358 g/mol. The van der Waals surface area contributed by atoms with Crippen LogP contribution in [0.2, 0.25) is 5.02 Å². The fourth-order valence-electron chi connectivity index (χ4n) is 2.09. The van der Waals surface area contributed by atoms with E-state index in [2.05, 4.69) is 15.3 Å². The van der Waals surface area contributed by atoms with Gasteiger partial charge >= 0.3 is 0 Å². The standard InChI is InChI=1S/C18H16ClN3O2S/c19-14-1-3-16(4-2-14)24-10-7-17(23)21-11-15-12-25-18(22-15)13-5-8-20-9-6-13/h1-6,8-9,12H,7,10-11H2,(H,21,23). The van der Waals surface area contributed by atoms with Crippen molar-refractivity contribution in [1.29, 1.82) is 0 Å². The van der Waals surface area contributed by atoms with Crippen molar-refractivity contribution in [2.24, 2.45) is 0 Å². The van der Waals surface area contributed by atoms with Crippen LogP contribution in [-0.4, -0.2) is 22.5 Å². The van der Waals surface area contributed by atoms with Crippen molar-refractivity contribution in [3.63, 3.8) is 0 Å². The number of thiazole rings is 1. The summed E-state index contributed by atoms with van der Waals surface area (Å²) in [7, 11) is 0. The maximum absolute atomic E-state index is 11.9. The molecule has 1 N–H and O–H groups in total. The van der Waals surface area contributed by atoms with E-state index in [1.165, 1.54) is 0 Å². The molecule has 0 fully saturated rings.